The van der Waals surface area contributed by atoms with Gasteiger partial charge in [0, 0.05) is 60.7 Å². The van der Waals surface area contributed by atoms with Gasteiger partial charge < -0.3 is 9.80 Å². The van der Waals surface area contributed by atoms with Crippen LogP contribution < -0.4 is 4.90 Å². The fourth-order valence-corrected chi connectivity index (χ4v) is 4.40. The van der Waals surface area contributed by atoms with Crippen LogP contribution in [-0.4, -0.2) is 91.2 Å². The standard InChI is InChI=1S/C23H21ClN6O3.CH4O3S/c1-27-8-10-28(11-9-27)14-19-23(31)29-20-7-6-15(30(32)33)12-17(20)22(25-13-21(29)26-19)16-4-2-3-5-18(16)24;1-5(2,3)4/h2-7,12,14H,8-11,13H2,1H3;1H3,(H,2,3,4)/b19-14+;. The molecule has 0 aliphatic carbocycles. The lowest BCUT2D eigenvalue weighted by Crippen LogP contribution is -2.42. The van der Waals surface area contributed by atoms with Gasteiger partial charge in [0.05, 0.1) is 29.1 Å². The van der Waals surface area contributed by atoms with Crippen LogP contribution in [0.4, 0.5) is 11.4 Å². The van der Waals surface area contributed by atoms with E-state index in [2.05, 4.69) is 21.8 Å². The van der Waals surface area contributed by atoms with Gasteiger partial charge in [0.2, 0.25) is 0 Å². The zero-order chi connectivity index (χ0) is 27.6. The number of carbonyl (C=O) groups excluding carboxylic acids is 1. The number of amidine groups is 1. The largest absolute Gasteiger partial charge is 0.373 e. The summed E-state index contributed by atoms with van der Waals surface area (Å²) < 4.78 is 25.9. The van der Waals surface area contributed by atoms with E-state index < -0.39 is 15.0 Å². The van der Waals surface area contributed by atoms with E-state index in [1.165, 1.54) is 17.0 Å². The maximum absolute atomic E-state index is 13.4. The van der Waals surface area contributed by atoms with Gasteiger partial charge in [-0.2, -0.15) is 8.42 Å². The van der Waals surface area contributed by atoms with Crippen molar-refractivity contribution in [3.63, 3.8) is 0 Å². The Hall–Kier alpha value is -3.65. The van der Waals surface area contributed by atoms with Crippen LogP contribution in [-0.2, 0) is 14.9 Å². The van der Waals surface area contributed by atoms with Gasteiger partial charge in [-0.05, 0) is 19.2 Å². The van der Waals surface area contributed by atoms with Crippen molar-refractivity contribution in [2.75, 3.05) is 50.9 Å². The average molecular weight is 561 g/mol. The second-order valence-corrected chi connectivity index (χ2v) is 10.7. The Balaban J connectivity index is 0.000000617. The third-order valence-corrected chi connectivity index (χ3v) is 6.30. The second kappa shape index (κ2) is 11.0. The molecule has 1 saturated heterocycles. The first-order valence-electron chi connectivity index (χ1n) is 11.5. The summed E-state index contributed by atoms with van der Waals surface area (Å²) in [5.74, 6) is 0.215. The summed E-state index contributed by atoms with van der Waals surface area (Å²) in [6, 6.07) is 11.6. The van der Waals surface area contributed by atoms with Crippen molar-refractivity contribution in [2.24, 2.45) is 9.98 Å². The molecule has 38 heavy (non-hydrogen) atoms. The number of piperazine rings is 1. The van der Waals surface area contributed by atoms with E-state index in [1.807, 2.05) is 12.1 Å². The van der Waals surface area contributed by atoms with Gasteiger partial charge in [-0.25, -0.2) is 4.99 Å². The zero-order valence-corrected chi connectivity index (χ0v) is 22.2. The highest BCUT2D eigenvalue weighted by atomic mass is 35.5. The molecule has 1 fully saturated rings. The van der Waals surface area contributed by atoms with E-state index in [0.717, 1.165) is 26.2 Å². The van der Waals surface area contributed by atoms with Crippen molar-refractivity contribution in [2.45, 2.75) is 0 Å². The van der Waals surface area contributed by atoms with Crippen LogP contribution in [0.3, 0.4) is 0 Å². The van der Waals surface area contributed by atoms with Crippen molar-refractivity contribution in [3.8, 4) is 0 Å². The number of fused-ring (bicyclic) bond motifs is 3. The molecular weight excluding hydrogens is 536 g/mol. The molecule has 2 aromatic rings. The lowest BCUT2D eigenvalue weighted by Gasteiger charge is -2.31. The molecule has 14 heteroatoms. The number of non-ortho nitro benzene ring substituents is 1. The van der Waals surface area contributed by atoms with Crippen LogP contribution in [0, 0.1) is 10.1 Å². The van der Waals surface area contributed by atoms with Gasteiger partial charge in [-0.15, -0.1) is 0 Å². The fourth-order valence-electron chi connectivity index (χ4n) is 4.17. The van der Waals surface area contributed by atoms with Gasteiger partial charge in [0.15, 0.2) is 0 Å². The molecule has 200 valence electrons. The number of carbonyl (C=O) groups is 1. The first-order valence-corrected chi connectivity index (χ1v) is 13.7. The van der Waals surface area contributed by atoms with E-state index in [0.29, 0.717) is 45.3 Å². The quantitative estimate of drug-likeness (QED) is 0.260. The van der Waals surface area contributed by atoms with Crippen LogP contribution in [0.15, 0.2) is 64.3 Å². The van der Waals surface area contributed by atoms with Crippen molar-refractivity contribution in [1.29, 1.82) is 0 Å². The summed E-state index contributed by atoms with van der Waals surface area (Å²) in [5.41, 5.74) is 2.36. The summed E-state index contributed by atoms with van der Waals surface area (Å²) in [4.78, 5) is 39.6. The number of hydrogen-bond acceptors (Lipinski definition) is 9. The van der Waals surface area contributed by atoms with Crippen molar-refractivity contribution in [3.05, 3.63) is 80.6 Å². The van der Waals surface area contributed by atoms with Gasteiger partial charge in [-0.3, -0.25) is 29.4 Å². The maximum Gasteiger partial charge on any atom is 0.284 e. The minimum absolute atomic E-state index is 0.0891. The molecule has 0 atom stereocenters. The molecule has 1 amide bonds. The Bertz CT molecular complexity index is 1470. The van der Waals surface area contributed by atoms with Crippen LogP contribution in [0.2, 0.25) is 5.02 Å². The number of rotatable bonds is 3. The number of nitro groups is 1. The Kier molecular flexibility index (Phi) is 7.92. The lowest BCUT2D eigenvalue weighted by atomic mass is 9.99. The molecule has 3 heterocycles. The fraction of sp³-hybridized carbons (Fsp3) is 0.292. The molecule has 1 N–H and O–H groups in total. The van der Waals surface area contributed by atoms with E-state index in [-0.39, 0.29) is 18.1 Å². The van der Waals surface area contributed by atoms with Gasteiger partial charge in [-0.1, -0.05) is 29.8 Å². The van der Waals surface area contributed by atoms with Crippen LogP contribution in [0.1, 0.15) is 11.1 Å². The molecule has 0 spiro atoms. The Labute approximate surface area is 224 Å². The second-order valence-electron chi connectivity index (χ2n) is 8.86. The number of hydrogen-bond donors (Lipinski definition) is 1. The van der Waals surface area contributed by atoms with Crippen LogP contribution in [0.5, 0.6) is 0 Å². The number of nitrogens with zero attached hydrogens (tertiary/aromatic N) is 6. The molecule has 3 aliphatic heterocycles. The number of nitro benzene ring substituents is 1. The predicted octanol–water partition coefficient (Wildman–Crippen LogP) is 2.44. The Morgan fingerprint density at radius 3 is 2.39 bits per heavy atom. The number of aliphatic imine (C=N–C) groups is 2. The molecule has 3 aliphatic rings. The lowest BCUT2D eigenvalue weighted by molar-refractivity contribution is -0.384. The molecule has 0 aromatic heterocycles. The highest BCUT2D eigenvalue weighted by Gasteiger charge is 2.37. The topological polar surface area (TPSA) is 149 Å². The molecule has 0 radical (unpaired) electrons. The molecule has 0 saturated carbocycles. The van der Waals surface area contributed by atoms with Gasteiger partial charge in [0.1, 0.15) is 11.5 Å². The minimum atomic E-state index is -3.67. The first-order chi connectivity index (χ1) is 17.9. The van der Waals surface area contributed by atoms with E-state index in [4.69, 9.17) is 21.1 Å². The summed E-state index contributed by atoms with van der Waals surface area (Å²) in [5, 5.41) is 12.0. The van der Waals surface area contributed by atoms with Crippen LogP contribution >= 0.6 is 11.6 Å². The predicted molar refractivity (Wildman–Crippen MR) is 145 cm³/mol. The summed E-state index contributed by atoms with van der Waals surface area (Å²) >= 11 is 6.43. The molecule has 2 aromatic carbocycles. The number of anilines is 1. The third-order valence-electron chi connectivity index (χ3n) is 5.97. The zero-order valence-electron chi connectivity index (χ0n) is 20.6. The van der Waals surface area contributed by atoms with Gasteiger partial charge >= 0.3 is 0 Å². The summed E-state index contributed by atoms with van der Waals surface area (Å²) in [6.45, 7) is 3.60. The normalized spacial score (nSPS) is 18.6. The van der Waals surface area contributed by atoms with Crippen molar-refractivity contribution >= 4 is 50.5 Å². The molecule has 5 rings (SSSR count). The number of halogens is 1. The monoisotopic (exact) mass is 560 g/mol. The first kappa shape index (κ1) is 27.4. The smallest absolute Gasteiger partial charge is 0.284 e. The van der Waals surface area contributed by atoms with E-state index in [1.54, 1.807) is 24.4 Å². The highest BCUT2D eigenvalue weighted by molar-refractivity contribution is 7.85. The van der Waals surface area contributed by atoms with E-state index >= 15 is 0 Å². The number of benzene rings is 2. The number of likely N-dealkylation sites (N-methyl/N-ethyl adjacent to an activating group) is 1. The number of amides is 1. The average Bonchev–Trinajstić information content (AvgIpc) is 3.05. The Morgan fingerprint density at radius 2 is 1.76 bits per heavy atom. The Morgan fingerprint density at radius 1 is 1.11 bits per heavy atom. The molecule has 0 unspecified atom stereocenters. The molecule has 0 bridgehead atoms. The third kappa shape index (κ3) is 6.25. The summed E-state index contributed by atoms with van der Waals surface area (Å²) in [6.07, 6.45) is 2.52. The van der Waals surface area contributed by atoms with Crippen LogP contribution in [0.25, 0.3) is 0 Å². The van der Waals surface area contributed by atoms with Crippen molar-refractivity contribution in [1.82, 2.24) is 9.80 Å². The highest BCUT2D eigenvalue weighted by Crippen LogP contribution is 2.35. The SMILES string of the molecule is CN1CCN(/C=C2/N=C3CN=C(c4ccccc4Cl)c4cc([N+](=O)[O-])ccc4N3C2=O)CC1.CS(=O)(=O)O. The minimum Gasteiger partial charge on any atom is -0.373 e. The van der Waals surface area contributed by atoms with Gasteiger partial charge in [0.25, 0.3) is 21.7 Å². The maximum atomic E-state index is 13.4. The molecule has 12 nitrogen and oxygen atoms in total. The van der Waals surface area contributed by atoms with E-state index in [9.17, 15) is 23.3 Å². The molecular formula is C24H25ClN6O6S. The van der Waals surface area contributed by atoms with Crippen molar-refractivity contribution < 1.29 is 22.7 Å². The summed E-state index contributed by atoms with van der Waals surface area (Å²) in [7, 11) is -1.60.